The first kappa shape index (κ1) is 12.3. The number of nitrogens with zero attached hydrogens (tertiary/aromatic N) is 1. The molecule has 0 spiro atoms. The van der Waals surface area contributed by atoms with Gasteiger partial charge in [0.25, 0.3) is 0 Å². The lowest BCUT2D eigenvalue weighted by Gasteiger charge is -2.21. The molecule has 1 atom stereocenters. The zero-order valence-corrected chi connectivity index (χ0v) is 10.3. The maximum atomic E-state index is 12.1. The second-order valence-electron chi connectivity index (χ2n) is 4.51. The molecule has 94 valence electrons. The summed E-state index contributed by atoms with van der Waals surface area (Å²) >= 11 is 0. The summed E-state index contributed by atoms with van der Waals surface area (Å²) < 4.78 is 31.1. The predicted molar refractivity (Wildman–Crippen MR) is 61.8 cm³/mol. The van der Waals surface area contributed by atoms with Crippen LogP contribution in [0.4, 0.5) is 0 Å². The summed E-state index contributed by atoms with van der Waals surface area (Å²) in [6.07, 6.45) is 1.78. The van der Waals surface area contributed by atoms with Gasteiger partial charge in [0, 0.05) is 26.2 Å². The maximum absolute atomic E-state index is 12.1. The Morgan fingerprint density at radius 1 is 1.31 bits per heavy atom. The number of hydrogen-bond acceptors (Lipinski definition) is 4. The van der Waals surface area contributed by atoms with Crippen LogP contribution in [0.1, 0.15) is 12.8 Å². The zero-order valence-electron chi connectivity index (χ0n) is 9.52. The molecule has 2 rings (SSSR count). The summed E-state index contributed by atoms with van der Waals surface area (Å²) in [7, 11) is -3.08. The molecule has 0 aromatic heterocycles. The van der Waals surface area contributed by atoms with E-state index < -0.39 is 10.0 Å². The van der Waals surface area contributed by atoms with Crippen LogP contribution < -0.4 is 5.32 Å². The second-order valence-corrected chi connectivity index (χ2v) is 6.52. The molecule has 0 amide bonds. The van der Waals surface area contributed by atoms with Gasteiger partial charge in [-0.05, 0) is 25.3 Å². The minimum absolute atomic E-state index is 0.196. The molecule has 2 saturated heterocycles. The van der Waals surface area contributed by atoms with Crippen molar-refractivity contribution in [3.8, 4) is 0 Å². The molecule has 0 aromatic carbocycles. The Morgan fingerprint density at radius 2 is 2.19 bits per heavy atom. The first-order chi connectivity index (χ1) is 7.68. The summed E-state index contributed by atoms with van der Waals surface area (Å²) in [5.41, 5.74) is 0. The van der Waals surface area contributed by atoms with Crippen LogP contribution in [-0.2, 0) is 14.8 Å². The van der Waals surface area contributed by atoms with Gasteiger partial charge < -0.3 is 10.1 Å². The van der Waals surface area contributed by atoms with Crippen molar-refractivity contribution in [3.63, 3.8) is 0 Å². The van der Waals surface area contributed by atoms with Gasteiger partial charge in [-0.1, -0.05) is 0 Å². The van der Waals surface area contributed by atoms with Gasteiger partial charge in [0.1, 0.15) is 0 Å². The summed E-state index contributed by atoms with van der Waals surface area (Å²) in [6.45, 7) is 4.25. The smallest absolute Gasteiger partial charge is 0.214 e. The Balaban J connectivity index is 1.93. The first-order valence-electron chi connectivity index (χ1n) is 5.95. The lowest BCUT2D eigenvalue weighted by molar-refractivity contribution is 0.188. The van der Waals surface area contributed by atoms with Crippen molar-refractivity contribution in [2.75, 3.05) is 45.1 Å². The molecule has 0 aliphatic carbocycles. The van der Waals surface area contributed by atoms with E-state index in [-0.39, 0.29) is 11.7 Å². The van der Waals surface area contributed by atoms with E-state index in [9.17, 15) is 8.42 Å². The molecule has 0 radical (unpaired) electrons. The highest BCUT2D eigenvalue weighted by Gasteiger charge is 2.28. The van der Waals surface area contributed by atoms with E-state index in [1.807, 2.05) is 0 Å². The summed E-state index contributed by atoms with van der Waals surface area (Å²) in [6, 6.07) is 0. The molecular weight excluding hydrogens is 228 g/mol. The fourth-order valence-corrected chi connectivity index (χ4v) is 4.06. The number of ether oxygens (including phenoxy) is 1. The Hall–Kier alpha value is -0.170. The van der Waals surface area contributed by atoms with Crippen LogP contribution in [0.15, 0.2) is 0 Å². The first-order valence-corrected chi connectivity index (χ1v) is 7.56. The van der Waals surface area contributed by atoms with Crippen LogP contribution in [0.2, 0.25) is 0 Å². The van der Waals surface area contributed by atoms with Gasteiger partial charge in [0.05, 0.1) is 12.4 Å². The number of nitrogens with one attached hydrogen (secondary N) is 1. The largest absolute Gasteiger partial charge is 0.381 e. The fourth-order valence-electron chi connectivity index (χ4n) is 2.22. The normalized spacial score (nSPS) is 29.1. The Bertz CT molecular complexity index is 304. The Morgan fingerprint density at radius 3 is 2.94 bits per heavy atom. The average molecular weight is 248 g/mol. The molecule has 2 aliphatic heterocycles. The SMILES string of the molecule is O=S(=O)(CC1CCOC1)N1CCCNCC1. The summed E-state index contributed by atoms with van der Waals surface area (Å²) in [5.74, 6) is 0.453. The van der Waals surface area contributed by atoms with Crippen molar-refractivity contribution in [1.82, 2.24) is 9.62 Å². The molecule has 2 fully saturated rings. The van der Waals surface area contributed by atoms with Gasteiger partial charge in [-0.25, -0.2) is 12.7 Å². The molecule has 16 heavy (non-hydrogen) atoms. The van der Waals surface area contributed by atoms with E-state index in [2.05, 4.69) is 5.32 Å². The maximum Gasteiger partial charge on any atom is 0.214 e. The van der Waals surface area contributed by atoms with Crippen molar-refractivity contribution in [3.05, 3.63) is 0 Å². The van der Waals surface area contributed by atoms with Crippen molar-refractivity contribution in [2.24, 2.45) is 5.92 Å². The standard InChI is InChI=1S/C10H20N2O3S/c13-16(14,9-10-2-7-15-8-10)12-5-1-3-11-4-6-12/h10-11H,1-9H2. The molecule has 5 nitrogen and oxygen atoms in total. The molecule has 0 bridgehead atoms. The highest BCUT2D eigenvalue weighted by molar-refractivity contribution is 7.89. The fraction of sp³-hybridized carbons (Fsp3) is 1.00. The van der Waals surface area contributed by atoms with Crippen LogP contribution in [0.25, 0.3) is 0 Å². The minimum Gasteiger partial charge on any atom is -0.381 e. The van der Waals surface area contributed by atoms with E-state index in [4.69, 9.17) is 4.74 Å². The molecule has 1 N–H and O–H groups in total. The highest BCUT2D eigenvalue weighted by atomic mass is 32.2. The van der Waals surface area contributed by atoms with E-state index >= 15 is 0 Å². The van der Waals surface area contributed by atoms with E-state index in [1.165, 1.54) is 0 Å². The van der Waals surface area contributed by atoms with Crippen LogP contribution in [0.5, 0.6) is 0 Å². The lowest BCUT2D eigenvalue weighted by atomic mass is 10.2. The van der Waals surface area contributed by atoms with Crippen LogP contribution in [-0.4, -0.2) is 57.9 Å². The molecule has 1 unspecified atom stereocenters. The van der Waals surface area contributed by atoms with E-state index in [0.717, 1.165) is 25.9 Å². The molecule has 6 heteroatoms. The van der Waals surface area contributed by atoms with Crippen LogP contribution >= 0.6 is 0 Å². The third-order valence-electron chi connectivity index (χ3n) is 3.16. The summed E-state index contributed by atoms with van der Waals surface area (Å²) in [4.78, 5) is 0. The van der Waals surface area contributed by atoms with Gasteiger partial charge >= 0.3 is 0 Å². The highest BCUT2D eigenvalue weighted by Crippen LogP contribution is 2.17. The van der Waals surface area contributed by atoms with Gasteiger partial charge in [-0.3, -0.25) is 0 Å². The van der Waals surface area contributed by atoms with Gasteiger partial charge in [0.2, 0.25) is 10.0 Å². The Labute approximate surface area is 97.2 Å². The number of rotatable bonds is 3. The quantitative estimate of drug-likeness (QED) is 0.741. The van der Waals surface area contributed by atoms with E-state index in [1.54, 1.807) is 4.31 Å². The molecule has 0 aromatic rings. The van der Waals surface area contributed by atoms with Crippen molar-refractivity contribution >= 4 is 10.0 Å². The monoisotopic (exact) mass is 248 g/mol. The summed E-state index contributed by atoms with van der Waals surface area (Å²) in [5, 5.41) is 3.21. The molecule has 2 aliphatic rings. The topological polar surface area (TPSA) is 58.6 Å². The average Bonchev–Trinajstić information content (AvgIpc) is 2.56. The van der Waals surface area contributed by atoms with Crippen LogP contribution in [0.3, 0.4) is 0 Å². The van der Waals surface area contributed by atoms with Crippen molar-refractivity contribution < 1.29 is 13.2 Å². The minimum atomic E-state index is -3.08. The number of hydrogen-bond donors (Lipinski definition) is 1. The van der Waals surface area contributed by atoms with Gasteiger partial charge in [-0.2, -0.15) is 0 Å². The molecular formula is C10H20N2O3S. The second kappa shape index (κ2) is 5.44. The Kier molecular flexibility index (Phi) is 4.18. The van der Waals surface area contributed by atoms with Gasteiger partial charge in [-0.15, -0.1) is 0 Å². The predicted octanol–water partition coefficient (Wildman–Crippen LogP) is -0.352. The molecule has 0 saturated carbocycles. The van der Waals surface area contributed by atoms with Crippen LogP contribution in [0, 0.1) is 5.92 Å². The molecule has 2 heterocycles. The lowest BCUT2D eigenvalue weighted by Crippen LogP contribution is -2.37. The van der Waals surface area contributed by atoms with Crippen molar-refractivity contribution in [1.29, 1.82) is 0 Å². The van der Waals surface area contributed by atoms with E-state index in [0.29, 0.717) is 26.3 Å². The van der Waals surface area contributed by atoms with Crippen molar-refractivity contribution in [2.45, 2.75) is 12.8 Å². The zero-order chi connectivity index (χ0) is 11.4. The third kappa shape index (κ3) is 3.16. The third-order valence-corrected chi connectivity index (χ3v) is 5.21. The van der Waals surface area contributed by atoms with Gasteiger partial charge in [0.15, 0.2) is 0 Å². The number of sulfonamides is 1.